The molecule has 2 aromatic rings. The molecular weight excluding hydrogens is 397 g/mol. The van der Waals surface area contributed by atoms with Gasteiger partial charge in [0.1, 0.15) is 5.82 Å². The van der Waals surface area contributed by atoms with Crippen molar-refractivity contribution in [2.45, 2.75) is 10.9 Å². The van der Waals surface area contributed by atoms with Gasteiger partial charge in [-0.15, -0.1) is 0 Å². The average molecular weight is 417 g/mol. The Kier molecular flexibility index (Phi) is 5.20. The standard InChI is InChI=1S/C20H20FN3O4S/c21-17-6-4-14(5-7-17)18(13-25)20(26)23-9-15(10-23)16-11-24(12-16)29(27,28)19-3-1-2-8-22-19/h1-8,18,25H,9-13H2/t18-/m0/s1. The van der Waals surface area contributed by atoms with Crippen molar-refractivity contribution < 1.29 is 22.7 Å². The van der Waals surface area contributed by atoms with Gasteiger partial charge in [0.25, 0.3) is 10.0 Å². The van der Waals surface area contributed by atoms with Gasteiger partial charge in [-0.05, 0) is 41.0 Å². The molecule has 2 aliphatic rings. The number of amides is 1. The number of carbonyl (C=O) groups excluding carboxylic acids is 1. The molecule has 0 aliphatic carbocycles. The van der Waals surface area contributed by atoms with Crippen molar-refractivity contribution >= 4 is 15.9 Å². The van der Waals surface area contributed by atoms with E-state index in [9.17, 15) is 22.7 Å². The molecule has 2 aliphatic heterocycles. The Labute approximate surface area is 168 Å². The molecule has 2 saturated heterocycles. The average Bonchev–Trinajstić information content (AvgIpc) is 2.65. The Bertz CT molecular complexity index is 1040. The number of likely N-dealkylation sites (tertiary alicyclic amines) is 1. The first-order valence-electron chi connectivity index (χ1n) is 9.16. The number of hydrogen-bond donors (Lipinski definition) is 1. The molecule has 1 atom stereocenters. The first kappa shape index (κ1) is 19.7. The summed E-state index contributed by atoms with van der Waals surface area (Å²) in [7, 11) is -3.60. The summed E-state index contributed by atoms with van der Waals surface area (Å²) in [6.07, 6.45) is 1.44. The minimum Gasteiger partial charge on any atom is -0.395 e. The lowest BCUT2D eigenvalue weighted by atomic mass is 9.92. The molecule has 1 amide bonds. The summed E-state index contributed by atoms with van der Waals surface area (Å²) in [6.45, 7) is 1.09. The zero-order valence-corrected chi connectivity index (χ0v) is 16.3. The van der Waals surface area contributed by atoms with Crippen LogP contribution in [0.1, 0.15) is 11.5 Å². The van der Waals surface area contributed by atoms with Crippen LogP contribution in [0.4, 0.5) is 4.39 Å². The van der Waals surface area contributed by atoms with E-state index in [1.807, 2.05) is 0 Å². The first-order chi connectivity index (χ1) is 13.9. The minimum absolute atomic E-state index is 0.0274. The summed E-state index contributed by atoms with van der Waals surface area (Å²) in [4.78, 5) is 18.2. The molecule has 7 nitrogen and oxygen atoms in total. The van der Waals surface area contributed by atoms with Gasteiger partial charge in [0.15, 0.2) is 5.03 Å². The number of aromatic nitrogens is 1. The highest BCUT2D eigenvalue weighted by Crippen LogP contribution is 2.31. The smallest absolute Gasteiger partial charge is 0.261 e. The van der Waals surface area contributed by atoms with E-state index in [0.717, 1.165) is 11.1 Å². The van der Waals surface area contributed by atoms with Gasteiger partial charge in [-0.1, -0.05) is 18.2 Å². The number of hydrogen-bond acceptors (Lipinski definition) is 5. The summed E-state index contributed by atoms with van der Waals surface area (Å²) in [5.74, 6) is -1.35. The number of nitrogens with zero attached hydrogens (tertiary/aromatic N) is 3. The molecule has 2 fully saturated rings. The van der Waals surface area contributed by atoms with Gasteiger partial charge < -0.3 is 10.0 Å². The molecule has 0 unspecified atom stereocenters. The topological polar surface area (TPSA) is 90.8 Å². The highest BCUT2D eigenvalue weighted by atomic mass is 32.2. The monoisotopic (exact) mass is 417 g/mol. The molecule has 0 saturated carbocycles. The lowest BCUT2D eigenvalue weighted by Crippen LogP contribution is -2.52. The van der Waals surface area contributed by atoms with Gasteiger partial charge in [0.2, 0.25) is 5.91 Å². The summed E-state index contributed by atoms with van der Waals surface area (Å²) in [5, 5.41) is 9.65. The van der Waals surface area contributed by atoms with E-state index in [2.05, 4.69) is 4.98 Å². The normalized spacial score (nSPS) is 18.2. The third-order valence-corrected chi connectivity index (χ3v) is 7.01. The summed E-state index contributed by atoms with van der Waals surface area (Å²) >= 11 is 0. The summed E-state index contributed by atoms with van der Waals surface area (Å²) < 4.78 is 39.4. The number of halogens is 1. The second kappa shape index (κ2) is 7.66. The molecule has 9 heteroatoms. The molecule has 1 aromatic heterocycles. The quantitative estimate of drug-likeness (QED) is 0.737. The molecule has 0 bridgehead atoms. The van der Waals surface area contributed by atoms with Crippen molar-refractivity contribution in [3.63, 3.8) is 0 Å². The van der Waals surface area contributed by atoms with Crippen LogP contribution >= 0.6 is 0 Å². The highest BCUT2D eigenvalue weighted by Gasteiger charge is 2.39. The van der Waals surface area contributed by atoms with Crippen LogP contribution in [0.15, 0.2) is 64.8 Å². The largest absolute Gasteiger partial charge is 0.395 e. The summed E-state index contributed by atoms with van der Waals surface area (Å²) in [5.41, 5.74) is 2.62. The van der Waals surface area contributed by atoms with Crippen LogP contribution in [0.3, 0.4) is 0 Å². The maximum Gasteiger partial charge on any atom is 0.261 e. The number of aliphatic hydroxyl groups excluding tert-OH is 1. The van der Waals surface area contributed by atoms with E-state index in [-0.39, 0.29) is 17.5 Å². The fourth-order valence-corrected chi connectivity index (χ4v) is 4.80. The predicted octanol–water partition coefficient (Wildman–Crippen LogP) is 1.14. The minimum atomic E-state index is -3.60. The van der Waals surface area contributed by atoms with E-state index in [4.69, 9.17) is 0 Å². The lowest BCUT2D eigenvalue weighted by Gasteiger charge is -2.42. The van der Waals surface area contributed by atoms with Crippen molar-refractivity contribution in [3.05, 3.63) is 71.2 Å². The molecule has 4 rings (SSSR count). The number of benzene rings is 1. The zero-order valence-electron chi connectivity index (χ0n) is 15.5. The van der Waals surface area contributed by atoms with Gasteiger partial charge in [-0.2, -0.15) is 4.31 Å². The Morgan fingerprint density at radius 1 is 1.07 bits per heavy atom. The Balaban J connectivity index is 1.37. The van der Waals surface area contributed by atoms with Crippen molar-refractivity contribution in [2.75, 3.05) is 32.8 Å². The first-order valence-corrected chi connectivity index (χ1v) is 10.6. The molecule has 152 valence electrons. The Morgan fingerprint density at radius 3 is 2.31 bits per heavy atom. The van der Waals surface area contributed by atoms with Gasteiger partial charge in [0, 0.05) is 32.4 Å². The van der Waals surface area contributed by atoms with Crippen molar-refractivity contribution in [3.8, 4) is 0 Å². The third-order valence-electron chi connectivity index (χ3n) is 5.30. The predicted molar refractivity (Wildman–Crippen MR) is 103 cm³/mol. The van der Waals surface area contributed by atoms with Gasteiger partial charge in [-0.3, -0.25) is 4.79 Å². The second-order valence-electron chi connectivity index (χ2n) is 7.13. The van der Waals surface area contributed by atoms with Crippen molar-refractivity contribution in [1.82, 2.24) is 14.2 Å². The van der Waals surface area contributed by atoms with Crippen molar-refractivity contribution in [2.24, 2.45) is 0 Å². The molecule has 0 radical (unpaired) electrons. The number of pyridine rings is 1. The zero-order chi connectivity index (χ0) is 20.6. The number of carbonyl (C=O) groups is 1. The van der Waals surface area contributed by atoms with Gasteiger partial charge >= 0.3 is 0 Å². The van der Waals surface area contributed by atoms with Crippen LogP contribution in [-0.4, -0.2) is 66.4 Å². The van der Waals surface area contributed by atoms with Crippen LogP contribution in [0.25, 0.3) is 0 Å². The maximum atomic E-state index is 13.1. The van der Waals surface area contributed by atoms with Gasteiger partial charge in [-0.25, -0.2) is 17.8 Å². The molecule has 29 heavy (non-hydrogen) atoms. The number of aliphatic hydroxyl groups is 1. The fourth-order valence-electron chi connectivity index (χ4n) is 3.44. The molecule has 0 spiro atoms. The SMILES string of the molecule is O=C([C@@H](CO)c1ccc(F)cc1)N1CC(=C2CN(S(=O)(=O)c3ccccn3)C2)C1. The highest BCUT2D eigenvalue weighted by molar-refractivity contribution is 7.89. The van der Waals surface area contributed by atoms with Crippen LogP contribution in [-0.2, 0) is 14.8 Å². The van der Waals surface area contributed by atoms with E-state index >= 15 is 0 Å². The van der Waals surface area contributed by atoms with E-state index in [1.54, 1.807) is 17.0 Å². The van der Waals surface area contributed by atoms with Crippen molar-refractivity contribution in [1.29, 1.82) is 0 Å². The number of rotatable bonds is 5. The van der Waals surface area contributed by atoms with Crippen LogP contribution < -0.4 is 0 Å². The molecule has 1 aromatic carbocycles. The number of sulfonamides is 1. The fraction of sp³-hybridized carbons (Fsp3) is 0.300. The third kappa shape index (κ3) is 3.68. The van der Waals surface area contributed by atoms with Crippen LogP contribution in [0.2, 0.25) is 0 Å². The maximum absolute atomic E-state index is 13.1. The van der Waals surface area contributed by atoms with E-state index < -0.39 is 21.8 Å². The Hall–Kier alpha value is -2.62. The van der Waals surface area contributed by atoms with Gasteiger partial charge in [0.05, 0.1) is 12.5 Å². The van der Waals surface area contributed by atoms with E-state index in [0.29, 0.717) is 31.7 Å². The molecule has 1 N–H and O–H groups in total. The molecular formula is C20H20FN3O4S. The second-order valence-corrected chi connectivity index (χ2v) is 9.01. The van der Waals surface area contributed by atoms with Crippen LogP contribution in [0, 0.1) is 5.82 Å². The van der Waals surface area contributed by atoms with E-state index in [1.165, 1.54) is 40.8 Å². The Morgan fingerprint density at radius 2 is 1.72 bits per heavy atom. The lowest BCUT2D eigenvalue weighted by molar-refractivity contribution is -0.135. The summed E-state index contributed by atoms with van der Waals surface area (Å²) in [6, 6.07) is 10.3. The van der Waals surface area contributed by atoms with Crippen LogP contribution in [0.5, 0.6) is 0 Å². The molecule has 3 heterocycles.